The fraction of sp³-hybridized carbons (Fsp3) is 0.303. The molecule has 2 aromatic carbocycles. The third-order valence-electron chi connectivity index (χ3n) is 8.18. The van der Waals surface area contributed by atoms with E-state index in [1.165, 1.54) is 17.8 Å². The van der Waals surface area contributed by atoms with E-state index >= 15 is 0 Å². The van der Waals surface area contributed by atoms with Gasteiger partial charge in [-0.3, -0.25) is 9.78 Å². The maximum absolute atomic E-state index is 13.3. The average Bonchev–Trinajstić information content (AvgIpc) is 3.52. The van der Waals surface area contributed by atoms with Crippen LogP contribution in [0.25, 0.3) is 5.69 Å². The van der Waals surface area contributed by atoms with Gasteiger partial charge in [0.2, 0.25) is 5.91 Å². The van der Waals surface area contributed by atoms with E-state index < -0.39 is 0 Å². The highest BCUT2D eigenvalue weighted by atomic mass is 32.1. The molecular weight excluding hydrogens is 563 g/mol. The largest absolute Gasteiger partial charge is 0.378 e. The molecule has 2 aliphatic rings. The molecule has 2 aliphatic heterocycles. The summed E-state index contributed by atoms with van der Waals surface area (Å²) in [7, 11) is 0. The Morgan fingerprint density at radius 1 is 1.05 bits per heavy atom. The number of thiocarbonyl (C=S) groups is 1. The molecule has 0 saturated carbocycles. The van der Waals surface area contributed by atoms with E-state index in [1.54, 1.807) is 18.3 Å². The normalized spacial score (nSPS) is 18.5. The highest BCUT2D eigenvalue weighted by Crippen LogP contribution is 2.41. The zero-order chi connectivity index (χ0) is 29.9. The minimum absolute atomic E-state index is 0.166. The highest BCUT2D eigenvalue weighted by molar-refractivity contribution is 7.80. The number of halogens is 1. The molecule has 0 spiro atoms. The van der Waals surface area contributed by atoms with Gasteiger partial charge in [0.1, 0.15) is 5.82 Å². The molecule has 0 unspecified atom stereocenters. The number of aromatic nitrogens is 2. The molecule has 0 aliphatic carbocycles. The second-order valence-corrected chi connectivity index (χ2v) is 11.3. The zero-order valence-corrected chi connectivity index (χ0v) is 25.1. The van der Waals surface area contributed by atoms with Crippen LogP contribution in [0.1, 0.15) is 41.1 Å². The molecule has 8 nitrogen and oxygen atoms in total. The molecule has 0 bridgehead atoms. The Hall–Kier alpha value is -4.28. The molecule has 1 amide bonds. The van der Waals surface area contributed by atoms with Gasteiger partial charge in [0, 0.05) is 60.7 Å². The minimum Gasteiger partial charge on any atom is -0.378 e. The molecule has 2 fully saturated rings. The number of aryl methyl sites for hydroxylation is 1. The summed E-state index contributed by atoms with van der Waals surface area (Å²) in [4.78, 5) is 22.0. The summed E-state index contributed by atoms with van der Waals surface area (Å²) < 4.78 is 21.1. The van der Waals surface area contributed by atoms with E-state index in [1.807, 2.05) is 18.2 Å². The maximum atomic E-state index is 13.3. The SMILES string of the molecule is Cc1cc([C@H]2[C@@H](c3ccccn3)NC(=S)N2CCC(=O)Nc2ccc(F)cc2)c(C)n1-c1ccc(N2CCOCC2)cc1. The van der Waals surface area contributed by atoms with Crippen molar-refractivity contribution >= 4 is 34.6 Å². The Balaban J connectivity index is 1.28. The number of morpholine rings is 1. The Bertz CT molecular complexity index is 1590. The van der Waals surface area contributed by atoms with Crippen LogP contribution in [-0.2, 0) is 9.53 Å². The maximum Gasteiger partial charge on any atom is 0.226 e. The lowest BCUT2D eigenvalue weighted by Gasteiger charge is -2.29. The minimum atomic E-state index is -0.347. The monoisotopic (exact) mass is 598 g/mol. The van der Waals surface area contributed by atoms with Gasteiger partial charge in [0.05, 0.1) is 31.0 Å². The first-order valence-corrected chi connectivity index (χ1v) is 15.0. The smallest absolute Gasteiger partial charge is 0.226 e. The lowest BCUT2D eigenvalue weighted by atomic mass is 9.96. The number of carbonyl (C=O) groups is 1. The molecule has 2 atom stereocenters. The van der Waals surface area contributed by atoms with Crippen LogP contribution >= 0.6 is 12.2 Å². The summed E-state index contributed by atoms with van der Waals surface area (Å²) in [5.41, 5.74) is 7.06. The number of nitrogens with zero attached hydrogens (tertiary/aromatic N) is 4. The van der Waals surface area contributed by atoms with Gasteiger partial charge in [0.15, 0.2) is 5.11 Å². The van der Waals surface area contributed by atoms with Crippen molar-refractivity contribution < 1.29 is 13.9 Å². The van der Waals surface area contributed by atoms with Gasteiger partial charge < -0.3 is 29.7 Å². The van der Waals surface area contributed by atoms with Crippen molar-refractivity contribution in [1.82, 2.24) is 19.8 Å². The number of amides is 1. The highest BCUT2D eigenvalue weighted by Gasteiger charge is 2.41. The summed E-state index contributed by atoms with van der Waals surface area (Å²) in [6.07, 6.45) is 2.00. The van der Waals surface area contributed by atoms with Crippen molar-refractivity contribution in [2.24, 2.45) is 0 Å². The van der Waals surface area contributed by atoms with Gasteiger partial charge >= 0.3 is 0 Å². The van der Waals surface area contributed by atoms with Crippen molar-refractivity contribution in [2.75, 3.05) is 43.1 Å². The Kier molecular flexibility index (Phi) is 8.40. The standard InChI is InChI=1S/C33H35FN6O2S/c1-22-21-28(23(2)40(22)27-12-10-26(11-13-27)38-17-19-42-20-18-38)32-31(29-5-3-4-15-35-29)37-33(43)39(32)16-14-30(41)36-25-8-6-24(34)7-9-25/h3-13,15,21,31-32H,14,16-20H2,1-2H3,(H,36,41)(H,37,43)/t31-,32+/m1/s1. The van der Waals surface area contributed by atoms with Crippen LogP contribution in [0.2, 0.25) is 0 Å². The van der Waals surface area contributed by atoms with Crippen LogP contribution in [0.15, 0.2) is 79.0 Å². The second kappa shape index (κ2) is 12.5. The van der Waals surface area contributed by atoms with Gasteiger partial charge in [0.25, 0.3) is 0 Å². The third-order valence-corrected chi connectivity index (χ3v) is 8.53. The van der Waals surface area contributed by atoms with E-state index in [0.29, 0.717) is 17.3 Å². The lowest BCUT2D eigenvalue weighted by molar-refractivity contribution is -0.116. The second-order valence-electron chi connectivity index (χ2n) is 10.9. The number of carbonyl (C=O) groups excluding carboxylic acids is 1. The molecule has 0 radical (unpaired) electrons. The van der Waals surface area contributed by atoms with Gasteiger partial charge in [-0.05, 0) is 98.4 Å². The molecule has 2 saturated heterocycles. The molecule has 4 aromatic rings. The first-order valence-electron chi connectivity index (χ1n) is 14.5. The topological polar surface area (TPSA) is 74.7 Å². The molecule has 4 heterocycles. The third kappa shape index (κ3) is 6.11. The number of hydrogen-bond donors (Lipinski definition) is 2. The first kappa shape index (κ1) is 28.8. The van der Waals surface area contributed by atoms with E-state index in [4.69, 9.17) is 17.0 Å². The van der Waals surface area contributed by atoms with E-state index in [9.17, 15) is 9.18 Å². The van der Waals surface area contributed by atoms with Gasteiger partial charge in [-0.25, -0.2) is 4.39 Å². The molecule has 43 heavy (non-hydrogen) atoms. The number of hydrogen-bond acceptors (Lipinski definition) is 5. The molecular formula is C33H35FN6O2S. The van der Waals surface area contributed by atoms with Crippen molar-refractivity contribution in [3.63, 3.8) is 0 Å². The molecule has 2 N–H and O–H groups in total. The predicted molar refractivity (Wildman–Crippen MR) is 170 cm³/mol. The lowest BCUT2D eigenvalue weighted by Crippen LogP contribution is -2.36. The molecule has 2 aromatic heterocycles. The van der Waals surface area contributed by atoms with Gasteiger partial charge in [-0.2, -0.15) is 0 Å². The summed E-state index contributed by atoms with van der Waals surface area (Å²) in [6.45, 7) is 7.95. The van der Waals surface area contributed by atoms with E-state index in [0.717, 1.165) is 54.6 Å². The van der Waals surface area contributed by atoms with E-state index in [2.05, 4.69) is 74.2 Å². The predicted octanol–water partition coefficient (Wildman–Crippen LogP) is 5.47. The van der Waals surface area contributed by atoms with Crippen LogP contribution < -0.4 is 15.5 Å². The first-order chi connectivity index (χ1) is 20.9. The van der Waals surface area contributed by atoms with Gasteiger partial charge in [-0.1, -0.05) is 6.07 Å². The van der Waals surface area contributed by atoms with Crippen molar-refractivity contribution in [3.05, 3.63) is 107 Å². The zero-order valence-electron chi connectivity index (χ0n) is 24.3. The summed E-state index contributed by atoms with van der Waals surface area (Å²) in [5.74, 6) is -0.513. The number of ether oxygens (including phenoxy) is 1. The number of benzene rings is 2. The summed E-state index contributed by atoms with van der Waals surface area (Å²) >= 11 is 5.84. The molecule has 222 valence electrons. The van der Waals surface area contributed by atoms with Crippen molar-refractivity contribution in [2.45, 2.75) is 32.4 Å². The van der Waals surface area contributed by atoms with Crippen molar-refractivity contribution in [3.8, 4) is 5.69 Å². The quantitative estimate of drug-likeness (QED) is 0.261. The number of anilines is 2. The van der Waals surface area contributed by atoms with Gasteiger partial charge in [-0.15, -0.1) is 0 Å². The average molecular weight is 599 g/mol. The van der Waals surface area contributed by atoms with Crippen LogP contribution in [0.4, 0.5) is 15.8 Å². The number of rotatable bonds is 8. The van der Waals surface area contributed by atoms with Crippen LogP contribution in [-0.4, -0.2) is 58.3 Å². The van der Waals surface area contributed by atoms with E-state index in [-0.39, 0.29) is 30.2 Å². The molecule has 6 rings (SSSR count). The number of nitrogens with one attached hydrogen (secondary N) is 2. The molecule has 10 heteroatoms. The summed E-state index contributed by atoms with van der Waals surface area (Å²) in [6, 6.07) is 22.2. The van der Waals surface area contributed by atoms with Crippen molar-refractivity contribution in [1.29, 1.82) is 0 Å². The Labute approximate surface area is 256 Å². The van der Waals surface area contributed by atoms with Crippen LogP contribution in [0.3, 0.4) is 0 Å². The van der Waals surface area contributed by atoms with Crippen LogP contribution in [0, 0.1) is 19.7 Å². The summed E-state index contributed by atoms with van der Waals surface area (Å²) in [5, 5.41) is 6.92. The fourth-order valence-electron chi connectivity index (χ4n) is 6.08. The fourth-order valence-corrected chi connectivity index (χ4v) is 6.41. The Morgan fingerprint density at radius 3 is 2.47 bits per heavy atom. The number of pyridine rings is 1. The van der Waals surface area contributed by atoms with Crippen LogP contribution in [0.5, 0.6) is 0 Å². The Morgan fingerprint density at radius 2 is 1.77 bits per heavy atom.